The van der Waals surface area contributed by atoms with Gasteiger partial charge in [-0.25, -0.2) is 13.1 Å². The van der Waals surface area contributed by atoms with Crippen LogP contribution < -0.4 is 10.5 Å². The van der Waals surface area contributed by atoms with Crippen LogP contribution in [0.15, 0.2) is 4.90 Å². The van der Waals surface area contributed by atoms with E-state index in [0.717, 1.165) is 6.42 Å². The predicted molar refractivity (Wildman–Crippen MR) is 67.0 cm³/mol. The molecule has 1 rings (SSSR count). The standard InChI is InChI=1S/C10H20N4O2S/c1-7(2)5-6-12-17(15,16)9-8(3)14(4)13-10(9)11/h7,12H,5-6H2,1-4H3,(H2,11,13). The summed E-state index contributed by atoms with van der Waals surface area (Å²) in [4.78, 5) is 0.0868. The smallest absolute Gasteiger partial charge is 0.246 e. The van der Waals surface area contributed by atoms with Crippen LogP contribution in [0.1, 0.15) is 26.0 Å². The second-order valence-corrected chi connectivity index (χ2v) is 6.21. The first-order chi connectivity index (χ1) is 7.75. The van der Waals surface area contributed by atoms with Crippen LogP contribution in [0.4, 0.5) is 5.82 Å². The number of nitrogen functional groups attached to an aromatic ring is 1. The average molecular weight is 260 g/mol. The van der Waals surface area contributed by atoms with Gasteiger partial charge in [-0.2, -0.15) is 5.10 Å². The lowest BCUT2D eigenvalue weighted by atomic mass is 10.1. The fraction of sp³-hybridized carbons (Fsp3) is 0.700. The maximum atomic E-state index is 12.0. The summed E-state index contributed by atoms with van der Waals surface area (Å²) < 4.78 is 28.1. The average Bonchev–Trinajstić information content (AvgIpc) is 2.40. The molecule has 0 fully saturated rings. The molecule has 0 saturated heterocycles. The van der Waals surface area contributed by atoms with Crippen molar-refractivity contribution in [1.82, 2.24) is 14.5 Å². The van der Waals surface area contributed by atoms with E-state index in [2.05, 4.69) is 9.82 Å². The largest absolute Gasteiger partial charge is 0.381 e. The van der Waals surface area contributed by atoms with Crippen molar-refractivity contribution < 1.29 is 8.42 Å². The zero-order valence-corrected chi connectivity index (χ0v) is 11.5. The van der Waals surface area contributed by atoms with Crippen molar-refractivity contribution in [3.63, 3.8) is 0 Å². The molecule has 0 saturated carbocycles. The molecule has 17 heavy (non-hydrogen) atoms. The van der Waals surface area contributed by atoms with Crippen molar-refractivity contribution in [2.75, 3.05) is 12.3 Å². The highest BCUT2D eigenvalue weighted by atomic mass is 32.2. The fourth-order valence-electron chi connectivity index (χ4n) is 1.50. The molecular weight excluding hydrogens is 240 g/mol. The van der Waals surface area contributed by atoms with Crippen LogP contribution in [-0.2, 0) is 17.1 Å². The SMILES string of the molecule is Cc1c(S(=O)(=O)NCCC(C)C)c(N)nn1C. The topological polar surface area (TPSA) is 90.0 Å². The number of nitrogens with two attached hydrogens (primary N) is 1. The number of hydrogen-bond donors (Lipinski definition) is 2. The van der Waals surface area contributed by atoms with Crippen molar-refractivity contribution in [3.8, 4) is 0 Å². The van der Waals surface area contributed by atoms with E-state index >= 15 is 0 Å². The molecule has 6 nitrogen and oxygen atoms in total. The van der Waals surface area contributed by atoms with Crippen LogP contribution in [0.3, 0.4) is 0 Å². The number of nitrogens with one attached hydrogen (secondary N) is 1. The van der Waals surface area contributed by atoms with E-state index in [0.29, 0.717) is 18.2 Å². The van der Waals surface area contributed by atoms with Crippen LogP contribution in [-0.4, -0.2) is 24.7 Å². The van der Waals surface area contributed by atoms with E-state index < -0.39 is 10.0 Å². The number of sulfonamides is 1. The van der Waals surface area contributed by atoms with Crippen molar-refractivity contribution in [3.05, 3.63) is 5.69 Å². The number of aryl methyl sites for hydroxylation is 1. The highest BCUT2D eigenvalue weighted by Crippen LogP contribution is 2.20. The molecule has 0 aliphatic carbocycles. The van der Waals surface area contributed by atoms with E-state index in [1.54, 1.807) is 14.0 Å². The second-order valence-electron chi connectivity index (χ2n) is 4.50. The summed E-state index contributed by atoms with van der Waals surface area (Å²) in [6.45, 7) is 6.17. The maximum absolute atomic E-state index is 12.0. The number of rotatable bonds is 5. The Morgan fingerprint density at radius 3 is 2.47 bits per heavy atom. The number of aromatic nitrogens is 2. The minimum absolute atomic E-state index is 0.0436. The van der Waals surface area contributed by atoms with Gasteiger partial charge in [-0.05, 0) is 19.3 Å². The van der Waals surface area contributed by atoms with E-state index in [-0.39, 0.29) is 10.7 Å². The monoisotopic (exact) mass is 260 g/mol. The molecule has 7 heteroatoms. The van der Waals surface area contributed by atoms with Crippen LogP contribution in [0.25, 0.3) is 0 Å². The Labute approximate surface area is 102 Å². The van der Waals surface area contributed by atoms with Gasteiger partial charge in [-0.15, -0.1) is 0 Å². The third-order valence-electron chi connectivity index (χ3n) is 2.59. The zero-order valence-electron chi connectivity index (χ0n) is 10.7. The molecule has 0 bridgehead atoms. The molecular formula is C10H20N4O2S. The quantitative estimate of drug-likeness (QED) is 0.812. The Bertz CT molecular complexity index is 491. The lowest BCUT2D eigenvalue weighted by molar-refractivity contribution is 0.551. The molecule has 0 unspecified atom stereocenters. The van der Waals surface area contributed by atoms with E-state index in [4.69, 9.17) is 5.73 Å². The van der Waals surface area contributed by atoms with Gasteiger partial charge in [0.15, 0.2) is 5.82 Å². The van der Waals surface area contributed by atoms with Gasteiger partial charge in [0.1, 0.15) is 4.90 Å². The van der Waals surface area contributed by atoms with Crippen molar-refractivity contribution in [2.24, 2.45) is 13.0 Å². The lowest BCUT2D eigenvalue weighted by Gasteiger charge is -2.08. The highest BCUT2D eigenvalue weighted by molar-refractivity contribution is 7.89. The first-order valence-electron chi connectivity index (χ1n) is 5.54. The number of hydrogen-bond acceptors (Lipinski definition) is 4. The molecule has 0 aliphatic rings. The summed E-state index contributed by atoms with van der Waals surface area (Å²) >= 11 is 0. The van der Waals surface area contributed by atoms with Crippen LogP contribution >= 0.6 is 0 Å². The fourth-order valence-corrected chi connectivity index (χ4v) is 2.87. The molecule has 0 aromatic carbocycles. The molecule has 1 heterocycles. The zero-order chi connectivity index (χ0) is 13.2. The minimum Gasteiger partial charge on any atom is -0.381 e. The van der Waals surface area contributed by atoms with Gasteiger partial charge in [0, 0.05) is 13.6 Å². The summed E-state index contributed by atoms with van der Waals surface area (Å²) in [6, 6.07) is 0. The van der Waals surface area contributed by atoms with Crippen molar-refractivity contribution in [2.45, 2.75) is 32.1 Å². The first-order valence-corrected chi connectivity index (χ1v) is 7.02. The van der Waals surface area contributed by atoms with E-state index in [1.807, 2.05) is 13.8 Å². The molecule has 1 aromatic heterocycles. The molecule has 0 aliphatic heterocycles. The third-order valence-corrected chi connectivity index (χ3v) is 4.21. The van der Waals surface area contributed by atoms with E-state index in [1.165, 1.54) is 4.68 Å². The Kier molecular flexibility index (Phi) is 4.16. The molecule has 1 aromatic rings. The van der Waals surface area contributed by atoms with E-state index in [9.17, 15) is 8.42 Å². The van der Waals surface area contributed by atoms with Crippen molar-refractivity contribution >= 4 is 15.8 Å². The summed E-state index contributed by atoms with van der Waals surface area (Å²) in [7, 11) is -1.89. The predicted octanol–water partition coefficient (Wildman–Crippen LogP) is 0.635. The lowest BCUT2D eigenvalue weighted by Crippen LogP contribution is -2.26. The minimum atomic E-state index is -3.55. The molecule has 98 valence electrons. The summed E-state index contributed by atoms with van der Waals surface area (Å²) in [5.41, 5.74) is 6.15. The van der Waals surface area contributed by atoms with Crippen molar-refractivity contribution in [1.29, 1.82) is 0 Å². The first kappa shape index (κ1) is 14.0. The van der Waals surface area contributed by atoms with Gasteiger partial charge in [0.2, 0.25) is 10.0 Å². The van der Waals surface area contributed by atoms with Gasteiger partial charge in [0.25, 0.3) is 0 Å². The van der Waals surface area contributed by atoms with Gasteiger partial charge in [0.05, 0.1) is 5.69 Å². The Morgan fingerprint density at radius 1 is 1.47 bits per heavy atom. The second kappa shape index (κ2) is 5.05. The molecule has 0 amide bonds. The number of nitrogens with zero attached hydrogens (tertiary/aromatic N) is 2. The molecule has 3 N–H and O–H groups in total. The van der Waals surface area contributed by atoms with Crippen LogP contribution in [0, 0.1) is 12.8 Å². The summed E-state index contributed by atoms with van der Waals surface area (Å²) in [6.07, 6.45) is 0.790. The summed E-state index contributed by atoms with van der Waals surface area (Å²) in [5, 5.41) is 3.90. The van der Waals surface area contributed by atoms with Crippen LogP contribution in [0.2, 0.25) is 0 Å². The van der Waals surface area contributed by atoms with Crippen LogP contribution in [0.5, 0.6) is 0 Å². The maximum Gasteiger partial charge on any atom is 0.246 e. The molecule has 0 radical (unpaired) electrons. The molecule has 0 atom stereocenters. The molecule has 0 spiro atoms. The normalized spacial score (nSPS) is 12.3. The Hall–Kier alpha value is -1.08. The highest BCUT2D eigenvalue weighted by Gasteiger charge is 2.23. The summed E-state index contributed by atoms with van der Waals surface area (Å²) in [5.74, 6) is 0.493. The van der Waals surface area contributed by atoms with Gasteiger partial charge >= 0.3 is 0 Å². The van der Waals surface area contributed by atoms with Gasteiger partial charge < -0.3 is 5.73 Å². The number of anilines is 1. The third kappa shape index (κ3) is 3.19. The van der Waals surface area contributed by atoms with Gasteiger partial charge in [-0.1, -0.05) is 13.8 Å². The Morgan fingerprint density at radius 2 is 2.06 bits per heavy atom. The van der Waals surface area contributed by atoms with Gasteiger partial charge in [-0.3, -0.25) is 4.68 Å². The Balaban J connectivity index is 2.90.